The predicted octanol–water partition coefficient (Wildman–Crippen LogP) is 4.19. The summed E-state index contributed by atoms with van der Waals surface area (Å²) in [6, 6.07) is 24.3. The first-order valence-electron chi connectivity index (χ1n) is 11.0. The fourth-order valence-corrected chi connectivity index (χ4v) is 3.41. The van der Waals surface area contributed by atoms with Gasteiger partial charge in [0.2, 0.25) is 5.88 Å². The third-order valence-electron chi connectivity index (χ3n) is 5.26. The highest BCUT2D eigenvalue weighted by atomic mass is 16.5. The van der Waals surface area contributed by atoms with E-state index in [0.717, 1.165) is 16.9 Å². The van der Waals surface area contributed by atoms with Gasteiger partial charge >= 0.3 is 0 Å². The van der Waals surface area contributed by atoms with Crippen molar-refractivity contribution in [2.45, 2.75) is 13.2 Å². The molecule has 0 bridgehead atoms. The maximum absolute atomic E-state index is 12.5. The Kier molecular flexibility index (Phi) is 7.42. The van der Waals surface area contributed by atoms with E-state index in [4.69, 9.17) is 9.47 Å². The monoisotopic (exact) mass is 470 g/mol. The first-order chi connectivity index (χ1) is 17.0. The molecule has 0 fully saturated rings. The van der Waals surface area contributed by atoms with Gasteiger partial charge < -0.3 is 20.1 Å². The molecule has 35 heavy (non-hydrogen) atoms. The van der Waals surface area contributed by atoms with Crippen molar-refractivity contribution in [2.75, 3.05) is 12.4 Å². The van der Waals surface area contributed by atoms with Gasteiger partial charge in [0.15, 0.2) is 0 Å². The topological polar surface area (TPSA) is 94.5 Å². The lowest BCUT2D eigenvalue weighted by Gasteiger charge is -2.09. The van der Waals surface area contributed by atoms with E-state index in [2.05, 4.69) is 15.7 Å². The summed E-state index contributed by atoms with van der Waals surface area (Å²) in [5.74, 6) is 0.465. The second kappa shape index (κ2) is 11.0. The first-order valence-corrected chi connectivity index (χ1v) is 11.0. The van der Waals surface area contributed by atoms with Crippen LogP contribution >= 0.6 is 0 Å². The molecule has 2 N–H and O–H groups in total. The summed E-state index contributed by atoms with van der Waals surface area (Å²) in [4.78, 5) is 25.0. The van der Waals surface area contributed by atoms with Crippen LogP contribution in [0.3, 0.4) is 0 Å². The lowest BCUT2D eigenvalue weighted by molar-refractivity contribution is 0.0950. The molecule has 1 heterocycles. The summed E-state index contributed by atoms with van der Waals surface area (Å²) < 4.78 is 12.4. The zero-order valence-electron chi connectivity index (χ0n) is 19.5. The van der Waals surface area contributed by atoms with E-state index < -0.39 is 0 Å². The van der Waals surface area contributed by atoms with Gasteiger partial charge in [0, 0.05) is 31.0 Å². The Hall–Kier alpha value is -4.59. The Morgan fingerprint density at radius 3 is 2.29 bits per heavy atom. The van der Waals surface area contributed by atoms with E-state index >= 15 is 0 Å². The second-order valence-electron chi connectivity index (χ2n) is 7.86. The molecule has 0 atom stereocenters. The van der Waals surface area contributed by atoms with Crippen LogP contribution in [0.25, 0.3) is 0 Å². The van der Waals surface area contributed by atoms with Crippen LogP contribution in [-0.4, -0.2) is 28.7 Å². The minimum atomic E-state index is -0.344. The van der Waals surface area contributed by atoms with Crippen molar-refractivity contribution in [1.29, 1.82) is 0 Å². The summed E-state index contributed by atoms with van der Waals surface area (Å²) in [5.41, 5.74) is 3.44. The number of hydrogen-bond acceptors (Lipinski definition) is 5. The zero-order chi connectivity index (χ0) is 24.6. The molecule has 8 heteroatoms. The fraction of sp³-hybridized carbons (Fsp3) is 0.148. The first kappa shape index (κ1) is 23.6. The number of benzene rings is 3. The number of carbonyl (C=O) groups is 2. The molecular weight excluding hydrogens is 444 g/mol. The van der Waals surface area contributed by atoms with Gasteiger partial charge in [-0.1, -0.05) is 42.5 Å². The van der Waals surface area contributed by atoms with Crippen LogP contribution < -0.4 is 20.1 Å². The number of amides is 2. The molecule has 0 unspecified atom stereocenters. The van der Waals surface area contributed by atoms with Gasteiger partial charge in [-0.25, -0.2) is 0 Å². The molecular formula is C27H26N4O4. The van der Waals surface area contributed by atoms with Gasteiger partial charge in [0.05, 0.1) is 7.11 Å². The van der Waals surface area contributed by atoms with Gasteiger partial charge in [-0.2, -0.15) is 0 Å². The third-order valence-corrected chi connectivity index (χ3v) is 5.26. The molecule has 0 aliphatic carbocycles. The van der Waals surface area contributed by atoms with E-state index in [0.29, 0.717) is 30.0 Å². The van der Waals surface area contributed by atoms with Gasteiger partial charge in [0.1, 0.15) is 17.9 Å². The quantitative estimate of drug-likeness (QED) is 0.383. The molecule has 0 radical (unpaired) electrons. The van der Waals surface area contributed by atoms with Crippen molar-refractivity contribution in [3.63, 3.8) is 0 Å². The van der Waals surface area contributed by atoms with Crippen LogP contribution in [0.4, 0.5) is 5.69 Å². The molecule has 0 aliphatic heterocycles. The summed E-state index contributed by atoms with van der Waals surface area (Å²) in [7, 11) is 3.17. The van der Waals surface area contributed by atoms with Crippen molar-refractivity contribution < 1.29 is 19.1 Å². The lowest BCUT2D eigenvalue weighted by atomic mass is 10.1. The smallest absolute Gasteiger partial charge is 0.262 e. The molecule has 2 amide bonds. The normalized spacial score (nSPS) is 10.5. The molecule has 0 aliphatic rings. The standard InChI is InChI=1S/C27H26N4O4/c1-31-17-24(27(30-31)34-2)26(33)29-22-12-10-21(11-13-22)25(32)28-16-19-8-14-23(15-9-19)35-18-20-6-4-3-5-7-20/h3-15,17H,16,18H2,1-2H3,(H,28,32)(H,29,33). The maximum Gasteiger partial charge on any atom is 0.262 e. The van der Waals surface area contributed by atoms with Gasteiger partial charge in [-0.05, 0) is 47.5 Å². The van der Waals surface area contributed by atoms with Gasteiger partial charge in [-0.3, -0.25) is 14.3 Å². The van der Waals surface area contributed by atoms with Crippen LogP contribution in [0.5, 0.6) is 11.6 Å². The Morgan fingerprint density at radius 2 is 1.60 bits per heavy atom. The average Bonchev–Trinajstić information content (AvgIpc) is 3.28. The van der Waals surface area contributed by atoms with Crippen LogP contribution in [0.15, 0.2) is 85.1 Å². The molecule has 1 aromatic heterocycles. The van der Waals surface area contributed by atoms with Crippen LogP contribution in [0, 0.1) is 0 Å². The highest BCUT2D eigenvalue weighted by Crippen LogP contribution is 2.18. The number of hydrogen-bond donors (Lipinski definition) is 2. The Labute approximate surface area is 203 Å². The molecule has 4 rings (SSSR count). The molecule has 8 nitrogen and oxygen atoms in total. The predicted molar refractivity (Wildman–Crippen MR) is 133 cm³/mol. The summed E-state index contributed by atoms with van der Waals surface area (Å²) in [6.07, 6.45) is 1.58. The summed E-state index contributed by atoms with van der Waals surface area (Å²) in [5, 5.41) is 9.76. The number of carbonyl (C=O) groups excluding carboxylic acids is 2. The number of aryl methyl sites for hydroxylation is 1. The fourth-order valence-electron chi connectivity index (χ4n) is 3.41. The van der Waals surface area contributed by atoms with Gasteiger partial charge in [-0.15, -0.1) is 5.10 Å². The number of anilines is 1. The van der Waals surface area contributed by atoms with Crippen molar-refractivity contribution in [2.24, 2.45) is 7.05 Å². The number of nitrogens with zero attached hydrogens (tertiary/aromatic N) is 2. The minimum absolute atomic E-state index is 0.207. The Bertz CT molecular complexity index is 1280. The van der Waals surface area contributed by atoms with Crippen molar-refractivity contribution in [3.05, 3.63) is 107 Å². The number of aromatic nitrogens is 2. The number of methoxy groups -OCH3 is 1. The lowest BCUT2D eigenvalue weighted by Crippen LogP contribution is -2.22. The zero-order valence-corrected chi connectivity index (χ0v) is 19.5. The van der Waals surface area contributed by atoms with Crippen molar-refractivity contribution in [3.8, 4) is 11.6 Å². The number of rotatable bonds is 9. The largest absolute Gasteiger partial charge is 0.489 e. The van der Waals surface area contributed by atoms with Crippen LogP contribution in [-0.2, 0) is 20.2 Å². The van der Waals surface area contributed by atoms with Crippen molar-refractivity contribution >= 4 is 17.5 Å². The molecule has 3 aromatic carbocycles. The average molecular weight is 471 g/mol. The van der Waals surface area contributed by atoms with Crippen LogP contribution in [0.1, 0.15) is 31.8 Å². The Morgan fingerprint density at radius 1 is 0.886 bits per heavy atom. The third kappa shape index (κ3) is 6.26. The van der Waals surface area contributed by atoms with E-state index in [1.165, 1.54) is 11.8 Å². The molecule has 0 spiro atoms. The maximum atomic E-state index is 12.5. The minimum Gasteiger partial charge on any atom is -0.489 e. The van der Waals surface area contributed by atoms with Crippen LogP contribution in [0.2, 0.25) is 0 Å². The SMILES string of the molecule is COc1nn(C)cc1C(=O)Nc1ccc(C(=O)NCc2ccc(OCc3ccccc3)cc2)cc1. The summed E-state index contributed by atoms with van der Waals surface area (Å²) in [6.45, 7) is 0.889. The highest BCUT2D eigenvalue weighted by Gasteiger charge is 2.16. The number of ether oxygens (including phenoxy) is 2. The van der Waals surface area contributed by atoms with E-state index in [1.54, 1.807) is 37.5 Å². The second-order valence-corrected chi connectivity index (χ2v) is 7.86. The molecule has 4 aromatic rings. The van der Waals surface area contributed by atoms with E-state index in [1.807, 2.05) is 54.6 Å². The summed E-state index contributed by atoms with van der Waals surface area (Å²) >= 11 is 0. The number of nitrogens with one attached hydrogen (secondary N) is 2. The van der Waals surface area contributed by atoms with Gasteiger partial charge in [0.25, 0.3) is 11.8 Å². The van der Waals surface area contributed by atoms with E-state index in [-0.39, 0.29) is 17.7 Å². The van der Waals surface area contributed by atoms with E-state index in [9.17, 15) is 9.59 Å². The van der Waals surface area contributed by atoms with Crippen molar-refractivity contribution in [1.82, 2.24) is 15.1 Å². The molecule has 178 valence electrons. The Balaban J connectivity index is 1.27. The molecule has 0 saturated carbocycles. The molecule has 0 saturated heterocycles. The highest BCUT2D eigenvalue weighted by molar-refractivity contribution is 6.06.